The van der Waals surface area contributed by atoms with Gasteiger partial charge >= 0.3 is 0 Å². The van der Waals surface area contributed by atoms with E-state index >= 15 is 0 Å². The fourth-order valence-corrected chi connectivity index (χ4v) is 4.38. The highest BCUT2D eigenvalue weighted by Gasteiger charge is 2.17. The lowest BCUT2D eigenvalue weighted by molar-refractivity contribution is 0.210. The Morgan fingerprint density at radius 1 is 1.35 bits per heavy atom. The van der Waals surface area contributed by atoms with E-state index in [0.29, 0.717) is 17.4 Å². The van der Waals surface area contributed by atoms with Crippen LogP contribution in [0.15, 0.2) is 28.1 Å². The van der Waals surface area contributed by atoms with Crippen molar-refractivity contribution >= 4 is 15.8 Å². The van der Waals surface area contributed by atoms with Crippen molar-refractivity contribution in [2.75, 3.05) is 39.5 Å². The van der Waals surface area contributed by atoms with Crippen LogP contribution in [0.1, 0.15) is 30.9 Å². The van der Waals surface area contributed by atoms with Gasteiger partial charge in [0.25, 0.3) is 0 Å². The number of nitrogens with zero attached hydrogens (tertiary/aromatic N) is 2. The maximum absolute atomic E-state index is 11.7. The molecule has 1 heterocycles. The van der Waals surface area contributed by atoms with Crippen LogP contribution in [0.2, 0.25) is 0 Å². The molecule has 1 aromatic rings. The van der Waals surface area contributed by atoms with Crippen molar-refractivity contribution < 1.29 is 8.42 Å². The van der Waals surface area contributed by atoms with E-state index in [9.17, 15) is 8.42 Å². The van der Waals surface area contributed by atoms with Crippen LogP contribution in [0.4, 0.5) is 0 Å². The summed E-state index contributed by atoms with van der Waals surface area (Å²) in [7, 11) is -1.01. The molecule has 0 aromatic heterocycles. The summed E-state index contributed by atoms with van der Waals surface area (Å²) >= 11 is 0. The topological polar surface area (TPSA) is 73.8 Å². The fourth-order valence-electron chi connectivity index (χ4n) is 3.42. The molecule has 1 unspecified atom stereocenters. The molecule has 1 aliphatic heterocycles. The number of aryl methyl sites for hydroxylation is 1. The van der Waals surface area contributed by atoms with Gasteiger partial charge in [-0.05, 0) is 63.4 Å². The minimum absolute atomic E-state index is 0.386. The Morgan fingerprint density at radius 3 is 2.73 bits per heavy atom. The zero-order valence-corrected chi connectivity index (χ0v) is 17.2. The van der Waals surface area contributed by atoms with Gasteiger partial charge in [-0.3, -0.25) is 0 Å². The Morgan fingerprint density at radius 2 is 2.12 bits per heavy atom. The van der Waals surface area contributed by atoms with Gasteiger partial charge in [-0.2, -0.15) is 0 Å². The number of nitrogens with one attached hydrogen (secondary N) is 2. The van der Waals surface area contributed by atoms with Gasteiger partial charge in [-0.1, -0.05) is 12.1 Å². The Hall–Kier alpha value is -1.60. The molecular formula is C19H32N4O2S. The van der Waals surface area contributed by atoms with Crippen LogP contribution in [0.3, 0.4) is 0 Å². The smallest absolute Gasteiger partial charge is 0.191 e. The molecule has 0 aliphatic carbocycles. The third-order valence-corrected chi connectivity index (χ3v) is 5.94. The molecular weight excluding hydrogens is 348 g/mol. The highest BCUT2D eigenvalue weighted by atomic mass is 32.2. The monoisotopic (exact) mass is 380 g/mol. The summed E-state index contributed by atoms with van der Waals surface area (Å²) in [5, 5.41) is 6.73. The van der Waals surface area contributed by atoms with Crippen molar-refractivity contribution in [3.05, 3.63) is 29.3 Å². The number of likely N-dealkylation sites (tertiary alicyclic amines) is 1. The van der Waals surface area contributed by atoms with E-state index in [2.05, 4.69) is 34.5 Å². The lowest BCUT2D eigenvalue weighted by atomic mass is 9.99. The maximum atomic E-state index is 11.7. The molecule has 0 bridgehead atoms. The first kappa shape index (κ1) is 20.7. The molecule has 26 heavy (non-hydrogen) atoms. The average Bonchev–Trinajstić information content (AvgIpc) is 2.56. The number of sulfone groups is 1. The highest BCUT2D eigenvalue weighted by Crippen LogP contribution is 2.17. The van der Waals surface area contributed by atoms with Crippen molar-refractivity contribution in [3.8, 4) is 0 Å². The predicted molar refractivity (Wildman–Crippen MR) is 107 cm³/mol. The lowest BCUT2D eigenvalue weighted by Crippen LogP contribution is -2.43. The van der Waals surface area contributed by atoms with Gasteiger partial charge in [0.1, 0.15) is 0 Å². The quantitative estimate of drug-likeness (QED) is 0.581. The predicted octanol–water partition coefficient (Wildman–Crippen LogP) is 1.80. The minimum Gasteiger partial charge on any atom is -0.357 e. The number of piperidine rings is 1. The third kappa shape index (κ3) is 6.29. The summed E-state index contributed by atoms with van der Waals surface area (Å²) in [6, 6.07) is 5.42. The summed E-state index contributed by atoms with van der Waals surface area (Å²) in [5.41, 5.74) is 1.77. The molecule has 1 fully saturated rings. The number of benzene rings is 1. The normalized spacial score (nSPS) is 19.4. The molecule has 1 aliphatic rings. The van der Waals surface area contributed by atoms with Crippen LogP contribution in [0.25, 0.3) is 0 Å². The molecule has 1 atom stereocenters. The third-order valence-electron chi connectivity index (χ3n) is 4.68. The molecule has 6 nitrogen and oxygen atoms in total. The second kappa shape index (κ2) is 9.37. The number of guanidine groups is 1. The van der Waals surface area contributed by atoms with Crippen LogP contribution >= 0.6 is 0 Å². The molecule has 2 rings (SSSR count). The van der Waals surface area contributed by atoms with Gasteiger partial charge in [0.15, 0.2) is 15.8 Å². The van der Waals surface area contributed by atoms with E-state index in [1.807, 2.05) is 19.1 Å². The SMILES string of the molecule is CCNC(=NCc1ccc(S(C)(=O)=O)c(C)c1)NCC1CCCN(C)C1. The number of aliphatic imine (C=N–C) groups is 1. The molecule has 0 saturated carbocycles. The Kier molecular flexibility index (Phi) is 7.46. The van der Waals surface area contributed by atoms with Crippen molar-refractivity contribution in [2.24, 2.45) is 10.9 Å². The van der Waals surface area contributed by atoms with Gasteiger partial charge in [0.2, 0.25) is 0 Å². The summed E-state index contributed by atoms with van der Waals surface area (Å²) < 4.78 is 23.4. The van der Waals surface area contributed by atoms with Gasteiger partial charge < -0.3 is 15.5 Å². The zero-order chi connectivity index (χ0) is 19.2. The first-order chi connectivity index (χ1) is 12.3. The molecule has 2 N–H and O–H groups in total. The lowest BCUT2D eigenvalue weighted by Gasteiger charge is -2.30. The maximum Gasteiger partial charge on any atom is 0.191 e. The molecule has 0 radical (unpaired) electrons. The largest absolute Gasteiger partial charge is 0.357 e. The Labute approximate surface area is 158 Å². The van der Waals surface area contributed by atoms with Crippen molar-refractivity contribution in [3.63, 3.8) is 0 Å². The zero-order valence-electron chi connectivity index (χ0n) is 16.4. The molecule has 1 saturated heterocycles. The first-order valence-electron chi connectivity index (χ1n) is 9.30. The Balaban J connectivity index is 1.98. The van der Waals surface area contributed by atoms with Crippen molar-refractivity contribution in [1.82, 2.24) is 15.5 Å². The standard InChI is InChI=1S/C19H32N4O2S/c1-5-20-19(22-13-17-7-6-10-23(3)14-17)21-12-16-8-9-18(15(2)11-16)26(4,24)25/h8-9,11,17H,5-7,10,12-14H2,1-4H3,(H2,20,21,22). The summed E-state index contributed by atoms with van der Waals surface area (Å²) in [6.45, 7) is 8.44. The van der Waals surface area contributed by atoms with E-state index in [0.717, 1.165) is 36.7 Å². The van der Waals surface area contributed by atoms with Crippen LogP contribution in [-0.2, 0) is 16.4 Å². The molecule has 7 heteroatoms. The second-order valence-corrected chi connectivity index (χ2v) is 9.20. The average molecular weight is 381 g/mol. The van der Waals surface area contributed by atoms with E-state index < -0.39 is 9.84 Å². The van der Waals surface area contributed by atoms with Crippen molar-refractivity contribution in [2.45, 2.75) is 38.1 Å². The van der Waals surface area contributed by atoms with Gasteiger partial charge in [0.05, 0.1) is 11.4 Å². The van der Waals surface area contributed by atoms with Crippen LogP contribution < -0.4 is 10.6 Å². The van der Waals surface area contributed by atoms with Crippen LogP contribution in [0, 0.1) is 12.8 Å². The molecule has 1 aromatic carbocycles. The van der Waals surface area contributed by atoms with Crippen molar-refractivity contribution in [1.29, 1.82) is 0 Å². The summed E-state index contributed by atoms with van der Waals surface area (Å²) in [4.78, 5) is 7.42. The number of hydrogen-bond acceptors (Lipinski definition) is 4. The number of rotatable bonds is 6. The van der Waals surface area contributed by atoms with Gasteiger partial charge in [0, 0.05) is 25.9 Å². The summed E-state index contributed by atoms with van der Waals surface area (Å²) in [5.74, 6) is 1.46. The van der Waals surface area contributed by atoms with E-state index in [-0.39, 0.29) is 0 Å². The number of hydrogen-bond donors (Lipinski definition) is 2. The minimum atomic E-state index is -3.18. The highest BCUT2D eigenvalue weighted by molar-refractivity contribution is 7.90. The molecule has 146 valence electrons. The fraction of sp³-hybridized carbons (Fsp3) is 0.632. The van der Waals surface area contributed by atoms with Crippen LogP contribution in [0.5, 0.6) is 0 Å². The van der Waals surface area contributed by atoms with Gasteiger partial charge in [-0.25, -0.2) is 13.4 Å². The first-order valence-corrected chi connectivity index (χ1v) is 11.2. The van der Waals surface area contributed by atoms with E-state index in [1.54, 1.807) is 6.07 Å². The van der Waals surface area contributed by atoms with E-state index in [1.165, 1.54) is 25.6 Å². The molecule has 0 amide bonds. The molecule has 0 spiro atoms. The van der Waals surface area contributed by atoms with Crippen LogP contribution in [-0.4, -0.2) is 58.8 Å². The summed E-state index contributed by atoms with van der Waals surface area (Å²) in [6.07, 6.45) is 3.74. The Bertz CT molecular complexity index is 731. The van der Waals surface area contributed by atoms with E-state index in [4.69, 9.17) is 0 Å². The van der Waals surface area contributed by atoms with Gasteiger partial charge in [-0.15, -0.1) is 0 Å². The second-order valence-electron chi connectivity index (χ2n) is 7.22.